The molecule has 2 aromatic carbocycles. The standard InChI is InChI=1S/C25H20N2O4S/c1-31-19-10-5-2-7-15(19)14-27-22(17-13-26-18-9-4-3-8-16(17)18)21(24(29)25(27)30)23(28)20-11-6-12-32-20/h2-13,22,26,29H,14H2,1H3. The lowest BCUT2D eigenvalue weighted by Crippen LogP contribution is -2.30. The average molecular weight is 445 g/mol. The Kier molecular flexibility index (Phi) is 5.03. The number of aromatic amines is 1. The number of benzene rings is 2. The number of ketones is 1. The summed E-state index contributed by atoms with van der Waals surface area (Å²) in [6.07, 6.45) is 1.80. The molecule has 3 heterocycles. The lowest BCUT2D eigenvalue weighted by molar-refractivity contribution is -0.130. The van der Waals surface area contributed by atoms with E-state index < -0.39 is 17.7 Å². The largest absolute Gasteiger partial charge is 0.503 e. The minimum absolute atomic E-state index is 0.0945. The molecule has 1 unspecified atom stereocenters. The first kappa shape index (κ1) is 20.1. The highest BCUT2D eigenvalue weighted by molar-refractivity contribution is 7.12. The normalized spacial score (nSPS) is 16.2. The number of Topliss-reactive ketones (excluding diaryl/α,β-unsaturated/α-hetero) is 1. The number of hydrogen-bond donors (Lipinski definition) is 2. The highest BCUT2D eigenvalue weighted by Crippen LogP contribution is 2.43. The molecular weight excluding hydrogens is 424 g/mol. The molecule has 7 heteroatoms. The van der Waals surface area contributed by atoms with Crippen LogP contribution in [0.25, 0.3) is 10.9 Å². The molecular formula is C25H20N2O4S. The number of nitrogens with one attached hydrogen (secondary N) is 1. The number of carbonyl (C=O) groups excluding carboxylic acids is 2. The number of ether oxygens (including phenoxy) is 1. The van der Waals surface area contributed by atoms with Crippen LogP contribution in [0.2, 0.25) is 0 Å². The summed E-state index contributed by atoms with van der Waals surface area (Å²) >= 11 is 1.28. The molecule has 6 nitrogen and oxygen atoms in total. The minimum atomic E-state index is -0.738. The number of methoxy groups -OCH3 is 1. The van der Waals surface area contributed by atoms with Gasteiger partial charge in [-0.2, -0.15) is 0 Å². The van der Waals surface area contributed by atoms with Crippen molar-refractivity contribution in [1.29, 1.82) is 0 Å². The predicted octanol–water partition coefficient (Wildman–Crippen LogP) is 5.02. The molecule has 0 saturated heterocycles. The van der Waals surface area contributed by atoms with Crippen molar-refractivity contribution < 1.29 is 19.4 Å². The van der Waals surface area contributed by atoms with Gasteiger partial charge in [0.25, 0.3) is 5.91 Å². The molecule has 0 spiro atoms. The number of para-hydroxylation sites is 2. The van der Waals surface area contributed by atoms with Gasteiger partial charge < -0.3 is 19.7 Å². The number of aliphatic hydroxyl groups excluding tert-OH is 1. The molecule has 0 saturated carbocycles. The van der Waals surface area contributed by atoms with Crippen molar-refractivity contribution in [3.63, 3.8) is 0 Å². The third-order valence-corrected chi connectivity index (χ3v) is 6.61. The number of amides is 1. The molecule has 2 aromatic heterocycles. The monoisotopic (exact) mass is 444 g/mol. The number of H-pyrrole nitrogens is 1. The second-order valence-corrected chi connectivity index (χ2v) is 8.45. The highest BCUT2D eigenvalue weighted by Gasteiger charge is 2.45. The first-order valence-corrected chi connectivity index (χ1v) is 11.0. The van der Waals surface area contributed by atoms with E-state index in [-0.39, 0.29) is 17.9 Å². The maximum absolute atomic E-state index is 13.4. The number of nitrogens with zero attached hydrogens (tertiary/aromatic N) is 1. The summed E-state index contributed by atoms with van der Waals surface area (Å²) in [5, 5.41) is 13.6. The number of fused-ring (bicyclic) bond motifs is 1. The Bertz CT molecular complexity index is 1350. The third kappa shape index (κ3) is 3.18. The van der Waals surface area contributed by atoms with E-state index in [1.807, 2.05) is 48.5 Å². The second kappa shape index (κ2) is 8.01. The molecule has 1 aliphatic rings. The van der Waals surface area contributed by atoms with Crippen LogP contribution in [-0.2, 0) is 11.3 Å². The molecule has 160 valence electrons. The molecule has 1 aliphatic heterocycles. The van der Waals surface area contributed by atoms with Gasteiger partial charge in [0.2, 0.25) is 5.78 Å². The van der Waals surface area contributed by atoms with Crippen LogP contribution in [-0.4, -0.2) is 33.8 Å². The summed E-state index contributed by atoms with van der Waals surface area (Å²) in [5.41, 5.74) is 2.53. The molecule has 2 N–H and O–H groups in total. The Morgan fingerprint density at radius 2 is 1.91 bits per heavy atom. The van der Waals surface area contributed by atoms with Gasteiger partial charge >= 0.3 is 0 Å². The van der Waals surface area contributed by atoms with E-state index in [9.17, 15) is 14.7 Å². The molecule has 0 bridgehead atoms. The van der Waals surface area contributed by atoms with Crippen LogP contribution in [0.5, 0.6) is 5.75 Å². The average Bonchev–Trinajstić information content (AvgIpc) is 3.55. The molecule has 4 aromatic rings. The third-order valence-electron chi connectivity index (χ3n) is 5.74. The molecule has 32 heavy (non-hydrogen) atoms. The van der Waals surface area contributed by atoms with Crippen molar-refractivity contribution in [2.24, 2.45) is 0 Å². The maximum Gasteiger partial charge on any atom is 0.290 e. The fourth-order valence-corrected chi connectivity index (χ4v) is 4.93. The number of aliphatic hydroxyl groups is 1. The van der Waals surface area contributed by atoms with Crippen LogP contribution in [0.1, 0.15) is 26.8 Å². The number of carbonyl (C=O) groups is 2. The first-order valence-electron chi connectivity index (χ1n) is 10.1. The Balaban J connectivity index is 1.66. The van der Waals surface area contributed by atoms with Crippen molar-refractivity contribution in [3.8, 4) is 5.75 Å². The summed E-state index contributed by atoms with van der Waals surface area (Å²) in [5.74, 6) is -0.793. The summed E-state index contributed by atoms with van der Waals surface area (Å²) in [6, 6.07) is 17.9. The smallest absolute Gasteiger partial charge is 0.290 e. The van der Waals surface area contributed by atoms with Gasteiger partial charge in [0.15, 0.2) is 5.76 Å². The number of rotatable bonds is 6. The van der Waals surface area contributed by atoms with Crippen LogP contribution in [0.4, 0.5) is 0 Å². The summed E-state index contributed by atoms with van der Waals surface area (Å²) in [6.45, 7) is 0.179. The van der Waals surface area contributed by atoms with Crippen LogP contribution >= 0.6 is 11.3 Å². The summed E-state index contributed by atoms with van der Waals surface area (Å²) in [7, 11) is 1.57. The van der Waals surface area contributed by atoms with Crippen molar-refractivity contribution in [3.05, 3.63) is 99.6 Å². The maximum atomic E-state index is 13.4. The van der Waals surface area contributed by atoms with Gasteiger partial charge in [-0.15, -0.1) is 11.3 Å². The fourth-order valence-electron chi connectivity index (χ4n) is 4.25. The lowest BCUT2D eigenvalue weighted by Gasteiger charge is -2.27. The zero-order chi connectivity index (χ0) is 22.2. The number of hydrogen-bond acceptors (Lipinski definition) is 5. The Morgan fingerprint density at radius 3 is 2.69 bits per heavy atom. The highest BCUT2D eigenvalue weighted by atomic mass is 32.1. The van der Waals surface area contributed by atoms with Crippen molar-refractivity contribution >= 4 is 33.9 Å². The molecule has 1 atom stereocenters. The molecule has 0 fully saturated rings. The zero-order valence-electron chi connectivity index (χ0n) is 17.2. The van der Waals surface area contributed by atoms with Crippen LogP contribution in [0, 0.1) is 0 Å². The van der Waals surface area contributed by atoms with Gasteiger partial charge in [-0.05, 0) is 23.6 Å². The topological polar surface area (TPSA) is 82.6 Å². The Labute approximate surface area is 188 Å². The van der Waals surface area contributed by atoms with Crippen molar-refractivity contribution in [1.82, 2.24) is 9.88 Å². The van der Waals surface area contributed by atoms with Crippen molar-refractivity contribution in [2.45, 2.75) is 12.6 Å². The number of aromatic nitrogens is 1. The molecule has 1 amide bonds. The van der Waals surface area contributed by atoms with E-state index >= 15 is 0 Å². The fraction of sp³-hybridized carbons (Fsp3) is 0.120. The SMILES string of the molecule is COc1ccccc1CN1C(=O)C(O)=C(C(=O)c2cccs2)C1c1c[nH]c2ccccc12. The minimum Gasteiger partial charge on any atom is -0.503 e. The van der Waals surface area contributed by atoms with Crippen LogP contribution in [0.3, 0.4) is 0 Å². The summed E-state index contributed by atoms with van der Waals surface area (Å²) < 4.78 is 5.46. The lowest BCUT2D eigenvalue weighted by atomic mass is 9.94. The van der Waals surface area contributed by atoms with Gasteiger partial charge in [-0.1, -0.05) is 42.5 Å². The molecule has 0 aliphatic carbocycles. The van der Waals surface area contributed by atoms with E-state index in [4.69, 9.17) is 4.74 Å². The van der Waals surface area contributed by atoms with E-state index in [1.54, 1.807) is 30.8 Å². The first-order chi connectivity index (χ1) is 15.6. The van der Waals surface area contributed by atoms with Gasteiger partial charge in [0.1, 0.15) is 5.75 Å². The summed E-state index contributed by atoms with van der Waals surface area (Å²) in [4.78, 5) is 31.9. The van der Waals surface area contributed by atoms with E-state index in [0.717, 1.165) is 22.0 Å². The van der Waals surface area contributed by atoms with Gasteiger partial charge in [0.05, 0.1) is 30.1 Å². The van der Waals surface area contributed by atoms with Crippen LogP contribution < -0.4 is 4.74 Å². The Hall–Kier alpha value is -3.84. The van der Waals surface area contributed by atoms with Gasteiger partial charge in [-0.3, -0.25) is 9.59 Å². The second-order valence-electron chi connectivity index (χ2n) is 7.51. The Morgan fingerprint density at radius 1 is 1.12 bits per heavy atom. The predicted molar refractivity (Wildman–Crippen MR) is 123 cm³/mol. The van der Waals surface area contributed by atoms with E-state index in [2.05, 4.69) is 4.98 Å². The van der Waals surface area contributed by atoms with E-state index in [0.29, 0.717) is 10.6 Å². The van der Waals surface area contributed by atoms with Crippen molar-refractivity contribution in [2.75, 3.05) is 7.11 Å². The zero-order valence-corrected chi connectivity index (χ0v) is 18.1. The molecule has 0 radical (unpaired) electrons. The van der Waals surface area contributed by atoms with Gasteiger partial charge in [0, 0.05) is 28.2 Å². The van der Waals surface area contributed by atoms with Gasteiger partial charge in [-0.25, -0.2) is 0 Å². The quantitative estimate of drug-likeness (QED) is 0.409. The number of thiophene rings is 1. The van der Waals surface area contributed by atoms with Crippen LogP contribution in [0.15, 0.2) is 83.6 Å². The van der Waals surface area contributed by atoms with E-state index in [1.165, 1.54) is 16.2 Å². The molecule has 5 rings (SSSR count).